The molecule has 4 rings (SSSR count). The molecule has 1 aliphatic carbocycles. The Labute approximate surface area is 254 Å². The number of allylic oxidation sites excluding steroid dienone is 2. The highest BCUT2D eigenvalue weighted by Gasteiger charge is 2.29. The molecule has 7 nitrogen and oxygen atoms in total. The number of rotatable bonds is 17. The quantitative estimate of drug-likeness (QED) is 0.163. The van der Waals surface area contributed by atoms with E-state index in [-0.39, 0.29) is 18.3 Å². The van der Waals surface area contributed by atoms with Crippen molar-refractivity contribution in [2.24, 2.45) is 10.4 Å². The van der Waals surface area contributed by atoms with Gasteiger partial charge in [-0.25, -0.2) is 0 Å². The zero-order chi connectivity index (χ0) is 29.8. The number of pyridine rings is 1. The van der Waals surface area contributed by atoms with Crippen molar-refractivity contribution >= 4 is 34.3 Å². The number of nitrogens with one attached hydrogen (secondary N) is 1. The van der Waals surface area contributed by atoms with Crippen LogP contribution in [0.5, 0.6) is 5.75 Å². The SMILES string of the molecule is CCCCCCC(C)(C)C(=O)OCn1c(=O)ccc2ccc(OCCCCNCCN=C3C=CCC4SCC=C34)cc21. The van der Waals surface area contributed by atoms with Gasteiger partial charge in [-0.15, -0.1) is 11.8 Å². The van der Waals surface area contributed by atoms with Crippen LogP contribution in [0.4, 0.5) is 0 Å². The molecule has 2 heterocycles. The average molecular weight is 594 g/mol. The number of fused-ring (bicyclic) bond motifs is 2. The maximum atomic E-state index is 12.8. The number of nitrogens with zero attached hydrogens (tertiary/aromatic N) is 2. The van der Waals surface area contributed by atoms with Gasteiger partial charge >= 0.3 is 5.97 Å². The lowest BCUT2D eigenvalue weighted by Crippen LogP contribution is -2.30. The number of carbonyl (C=O) groups is 1. The van der Waals surface area contributed by atoms with Gasteiger partial charge in [0.15, 0.2) is 6.73 Å². The first kappa shape index (κ1) is 32.1. The van der Waals surface area contributed by atoms with Crippen LogP contribution in [0, 0.1) is 5.41 Å². The third-order valence-corrected chi connectivity index (χ3v) is 9.16. The fourth-order valence-corrected chi connectivity index (χ4v) is 6.46. The van der Waals surface area contributed by atoms with Crippen molar-refractivity contribution in [2.45, 2.75) is 84.1 Å². The van der Waals surface area contributed by atoms with E-state index < -0.39 is 5.41 Å². The molecule has 0 radical (unpaired) electrons. The highest BCUT2D eigenvalue weighted by Crippen LogP contribution is 2.33. The summed E-state index contributed by atoms with van der Waals surface area (Å²) < 4.78 is 13.2. The predicted octanol–water partition coefficient (Wildman–Crippen LogP) is 6.69. The summed E-state index contributed by atoms with van der Waals surface area (Å²) in [6.07, 6.45) is 15.0. The molecule has 8 heteroatoms. The van der Waals surface area contributed by atoms with Gasteiger partial charge in [0, 0.05) is 29.7 Å². The van der Waals surface area contributed by atoms with Gasteiger partial charge in [-0.2, -0.15) is 0 Å². The molecular formula is C34H47N3O4S. The number of ether oxygens (including phenoxy) is 2. The molecule has 1 N–H and O–H groups in total. The van der Waals surface area contributed by atoms with E-state index in [0.717, 1.165) is 81.4 Å². The Bertz CT molecular complexity index is 1340. The van der Waals surface area contributed by atoms with Crippen LogP contribution in [-0.2, 0) is 16.3 Å². The number of aromatic nitrogens is 1. The monoisotopic (exact) mass is 593 g/mol. The summed E-state index contributed by atoms with van der Waals surface area (Å²) >= 11 is 2.01. The third kappa shape index (κ3) is 9.08. The first-order chi connectivity index (χ1) is 20.4. The fraction of sp³-hybridized carbons (Fsp3) is 0.559. The van der Waals surface area contributed by atoms with E-state index in [1.807, 2.05) is 43.8 Å². The van der Waals surface area contributed by atoms with Crippen LogP contribution in [0.1, 0.15) is 72.1 Å². The fourth-order valence-electron chi connectivity index (χ4n) is 5.31. The number of carbonyl (C=O) groups excluding carboxylic acids is 1. The average Bonchev–Trinajstić information content (AvgIpc) is 3.48. The molecule has 0 bridgehead atoms. The van der Waals surface area contributed by atoms with Gasteiger partial charge in [-0.3, -0.25) is 19.1 Å². The number of esters is 1. The first-order valence-electron chi connectivity index (χ1n) is 15.6. The van der Waals surface area contributed by atoms with E-state index in [4.69, 9.17) is 14.5 Å². The normalized spacial score (nSPS) is 17.5. The van der Waals surface area contributed by atoms with Crippen molar-refractivity contribution in [1.82, 2.24) is 9.88 Å². The van der Waals surface area contributed by atoms with E-state index in [1.165, 1.54) is 22.6 Å². The van der Waals surface area contributed by atoms with Crippen LogP contribution in [0.15, 0.2) is 63.9 Å². The molecule has 2 aliphatic rings. The Kier molecular flexibility index (Phi) is 12.3. The summed E-state index contributed by atoms with van der Waals surface area (Å²) in [4.78, 5) is 30.3. The molecule has 1 aromatic heterocycles. The molecule has 1 unspecified atom stereocenters. The smallest absolute Gasteiger partial charge is 0.313 e. The van der Waals surface area contributed by atoms with Crippen molar-refractivity contribution in [3.05, 3.63) is 64.5 Å². The van der Waals surface area contributed by atoms with Crippen molar-refractivity contribution in [2.75, 3.05) is 32.0 Å². The summed E-state index contributed by atoms with van der Waals surface area (Å²) in [5.74, 6) is 1.53. The zero-order valence-electron chi connectivity index (χ0n) is 25.5. The van der Waals surface area contributed by atoms with E-state index in [9.17, 15) is 9.59 Å². The van der Waals surface area contributed by atoms with E-state index in [0.29, 0.717) is 23.1 Å². The minimum Gasteiger partial charge on any atom is -0.494 e. The Morgan fingerprint density at radius 3 is 2.83 bits per heavy atom. The molecule has 0 amide bonds. The molecule has 1 atom stereocenters. The van der Waals surface area contributed by atoms with Crippen LogP contribution < -0.4 is 15.6 Å². The van der Waals surface area contributed by atoms with Gasteiger partial charge in [0.1, 0.15) is 5.75 Å². The molecule has 0 saturated heterocycles. The van der Waals surface area contributed by atoms with Crippen molar-refractivity contribution in [3.8, 4) is 5.75 Å². The van der Waals surface area contributed by atoms with E-state index in [2.05, 4.69) is 30.5 Å². The molecule has 0 fully saturated rings. The van der Waals surface area contributed by atoms with Crippen LogP contribution in [0.3, 0.4) is 0 Å². The van der Waals surface area contributed by atoms with Gasteiger partial charge in [0.05, 0.1) is 29.8 Å². The van der Waals surface area contributed by atoms with Gasteiger partial charge in [0.2, 0.25) is 0 Å². The van der Waals surface area contributed by atoms with Crippen molar-refractivity contribution < 1.29 is 14.3 Å². The lowest BCUT2D eigenvalue weighted by molar-refractivity contribution is -0.158. The van der Waals surface area contributed by atoms with E-state index in [1.54, 1.807) is 6.07 Å². The lowest BCUT2D eigenvalue weighted by Gasteiger charge is -2.23. The molecule has 228 valence electrons. The Morgan fingerprint density at radius 1 is 1.12 bits per heavy atom. The second-order valence-corrected chi connectivity index (χ2v) is 13.0. The minimum atomic E-state index is -0.582. The van der Waals surface area contributed by atoms with Crippen LogP contribution >= 0.6 is 11.8 Å². The number of unbranched alkanes of at least 4 members (excludes halogenated alkanes) is 4. The number of benzene rings is 1. The standard InChI is InChI=1S/C34H47N3O4S/c1-4-5-6-7-18-34(2,3)33(39)41-25-37-30-24-27(15-13-26(30)14-16-32(37)38)40-22-9-8-19-35-20-21-36-29-11-10-12-31-28(29)17-23-42-31/h10-11,13-17,24,31,35H,4-9,12,18-23,25H2,1-3H3. The Hall–Kier alpha value is -2.84. The summed E-state index contributed by atoms with van der Waals surface area (Å²) in [5.41, 5.74) is 2.49. The van der Waals surface area contributed by atoms with Crippen LogP contribution in [0.2, 0.25) is 0 Å². The van der Waals surface area contributed by atoms with Crippen molar-refractivity contribution in [1.29, 1.82) is 0 Å². The molecule has 42 heavy (non-hydrogen) atoms. The van der Waals surface area contributed by atoms with Gasteiger partial charge < -0.3 is 14.8 Å². The number of aliphatic imine (C=N–C) groups is 1. The molecule has 2 aromatic rings. The second kappa shape index (κ2) is 16.1. The van der Waals surface area contributed by atoms with Gasteiger partial charge in [0.25, 0.3) is 5.56 Å². The molecule has 1 aliphatic heterocycles. The topological polar surface area (TPSA) is 81.9 Å². The summed E-state index contributed by atoms with van der Waals surface area (Å²) in [7, 11) is 0. The van der Waals surface area contributed by atoms with Gasteiger partial charge in [-0.1, -0.05) is 44.8 Å². The maximum Gasteiger partial charge on any atom is 0.313 e. The van der Waals surface area contributed by atoms with Crippen LogP contribution in [-0.4, -0.2) is 53.5 Å². The predicted molar refractivity (Wildman–Crippen MR) is 175 cm³/mol. The van der Waals surface area contributed by atoms with E-state index >= 15 is 0 Å². The molecule has 0 saturated carbocycles. The van der Waals surface area contributed by atoms with Crippen molar-refractivity contribution in [3.63, 3.8) is 0 Å². The summed E-state index contributed by atoms with van der Waals surface area (Å²) in [6.45, 7) is 9.06. The lowest BCUT2D eigenvalue weighted by atomic mass is 9.87. The second-order valence-electron chi connectivity index (χ2n) is 11.8. The number of thioether (sulfide) groups is 1. The molecule has 0 spiro atoms. The summed E-state index contributed by atoms with van der Waals surface area (Å²) in [5, 5.41) is 4.98. The Morgan fingerprint density at radius 2 is 1.98 bits per heavy atom. The highest BCUT2D eigenvalue weighted by atomic mass is 32.2. The largest absolute Gasteiger partial charge is 0.494 e. The molecular weight excluding hydrogens is 546 g/mol. The minimum absolute atomic E-state index is 0.110. The number of hydrogen-bond donors (Lipinski definition) is 1. The Balaban J connectivity index is 1.20. The maximum absolute atomic E-state index is 12.8. The first-order valence-corrected chi connectivity index (χ1v) is 16.6. The summed E-state index contributed by atoms with van der Waals surface area (Å²) in [6, 6.07) is 9.02. The highest BCUT2D eigenvalue weighted by molar-refractivity contribution is 8.00. The van der Waals surface area contributed by atoms with Gasteiger partial charge in [-0.05, 0) is 81.3 Å². The third-order valence-electron chi connectivity index (χ3n) is 7.95. The molecule has 1 aromatic carbocycles. The van der Waals surface area contributed by atoms with Crippen LogP contribution in [0.25, 0.3) is 10.9 Å². The zero-order valence-corrected chi connectivity index (χ0v) is 26.3. The number of hydrogen-bond acceptors (Lipinski definition) is 7.